The summed E-state index contributed by atoms with van der Waals surface area (Å²) in [5.41, 5.74) is 2.25. The molecule has 1 saturated carbocycles. The molecular weight excluding hydrogens is 280 g/mol. The Kier molecular flexibility index (Phi) is 5.38. The largest absolute Gasteiger partial charge is 0.377 e. The van der Waals surface area contributed by atoms with Crippen LogP contribution in [0.1, 0.15) is 30.7 Å². The summed E-state index contributed by atoms with van der Waals surface area (Å²) in [5, 5.41) is 6.67. The predicted molar refractivity (Wildman–Crippen MR) is 87.5 cm³/mol. The second kappa shape index (κ2) is 7.69. The minimum Gasteiger partial charge on any atom is -0.377 e. The second-order valence-electron chi connectivity index (χ2n) is 5.45. The zero-order valence-electron chi connectivity index (χ0n) is 12.3. The van der Waals surface area contributed by atoms with Crippen molar-refractivity contribution >= 4 is 11.3 Å². The van der Waals surface area contributed by atoms with Gasteiger partial charge in [-0.3, -0.25) is 0 Å². The Morgan fingerprint density at radius 2 is 2.00 bits per heavy atom. The van der Waals surface area contributed by atoms with Crippen LogP contribution in [0.15, 0.2) is 35.7 Å². The van der Waals surface area contributed by atoms with Gasteiger partial charge in [-0.25, -0.2) is 4.98 Å². The molecule has 21 heavy (non-hydrogen) atoms. The first-order valence-electron chi connectivity index (χ1n) is 7.74. The molecule has 112 valence electrons. The van der Waals surface area contributed by atoms with Gasteiger partial charge in [-0.1, -0.05) is 43.2 Å². The third kappa shape index (κ3) is 4.37. The molecular formula is C17H22N2OS. The number of thiazole rings is 1. The lowest BCUT2D eigenvalue weighted by molar-refractivity contribution is 0.0603. The number of hydrogen-bond donors (Lipinski definition) is 1. The SMILES string of the molecule is c1ccc(-c2csc(CNCCOC3CCCC3)n2)cc1. The van der Waals surface area contributed by atoms with Crippen LogP contribution in [0.3, 0.4) is 0 Å². The molecule has 0 aliphatic heterocycles. The summed E-state index contributed by atoms with van der Waals surface area (Å²) in [6, 6.07) is 10.3. The third-order valence-corrected chi connectivity index (χ3v) is 4.68. The molecule has 1 aromatic carbocycles. The summed E-state index contributed by atoms with van der Waals surface area (Å²) in [6.45, 7) is 2.53. The molecule has 1 aromatic heterocycles. The van der Waals surface area contributed by atoms with Crippen LogP contribution in [0, 0.1) is 0 Å². The third-order valence-electron chi connectivity index (χ3n) is 3.83. The van der Waals surface area contributed by atoms with Crippen LogP contribution in [0.4, 0.5) is 0 Å². The number of nitrogens with zero attached hydrogens (tertiary/aromatic N) is 1. The molecule has 0 spiro atoms. The van der Waals surface area contributed by atoms with Crippen LogP contribution in [0.5, 0.6) is 0 Å². The minimum atomic E-state index is 0.511. The van der Waals surface area contributed by atoms with E-state index in [2.05, 4.69) is 27.8 Å². The van der Waals surface area contributed by atoms with Gasteiger partial charge in [-0.2, -0.15) is 0 Å². The van der Waals surface area contributed by atoms with E-state index < -0.39 is 0 Å². The number of aromatic nitrogens is 1. The molecule has 2 aromatic rings. The fourth-order valence-electron chi connectivity index (χ4n) is 2.68. The van der Waals surface area contributed by atoms with Gasteiger partial charge in [0.05, 0.1) is 18.4 Å². The van der Waals surface area contributed by atoms with Crippen molar-refractivity contribution in [2.75, 3.05) is 13.2 Å². The highest BCUT2D eigenvalue weighted by Gasteiger charge is 2.14. The molecule has 0 saturated heterocycles. The summed E-state index contributed by atoms with van der Waals surface area (Å²) < 4.78 is 5.84. The van der Waals surface area contributed by atoms with Crippen molar-refractivity contribution in [2.24, 2.45) is 0 Å². The van der Waals surface area contributed by atoms with Gasteiger partial charge in [0, 0.05) is 24.0 Å². The molecule has 3 rings (SSSR count). The molecule has 1 aliphatic carbocycles. The summed E-state index contributed by atoms with van der Waals surface area (Å²) >= 11 is 1.71. The normalized spacial score (nSPS) is 15.6. The van der Waals surface area contributed by atoms with E-state index in [0.717, 1.165) is 30.4 Å². The maximum atomic E-state index is 5.84. The molecule has 1 heterocycles. The van der Waals surface area contributed by atoms with Gasteiger partial charge < -0.3 is 10.1 Å². The van der Waals surface area contributed by atoms with Crippen molar-refractivity contribution in [3.05, 3.63) is 40.7 Å². The molecule has 0 radical (unpaired) electrons. The summed E-state index contributed by atoms with van der Waals surface area (Å²) in [7, 11) is 0. The van der Waals surface area contributed by atoms with E-state index in [1.807, 2.05) is 18.2 Å². The van der Waals surface area contributed by atoms with Gasteiger partial charge in [-0.05, 0) is 12.8 Å². The number of ether oxygens (including phenoxy) is 1. The summed E-state index contributed by atoms with van der Waals surface area (Å²) in [6.07, 6.45) is 5.66. The predicted octanol–water partition coefficient (Wildman–Crippen LogP) is 3.86. The van der Waals surface area contributed by atoms with E-state index in [9.17, 15) is 0 Å². The highest BCUT2D eigenvalue weighted by Crippen LogP contribution is 2.22. The van der Waals surface area contributed by atoms with Crippen LogP contribution in [-0.4, -0.2) is 24.2 Å². The van der Waals surface area contributed by atoms with Gasteiger partial charge in [0.1, 0.15) is 5.01 Å². The molecule has 0 bridgehead atoms. The van der Waals surface area contributed by atoms with Gasteiger partial charge >= 0.3 is 0 Å². The number of rotatable bonds is 7. The van der Waals surface area contributed by atoms with E-state index in [1.165, 1.54) is 31.2 Å². The highest BCUT2D eigenvalue weighted by atomic mass is 32.1. The van der Waals surface area contributed by atoms with Crippen molar-refractivity contribution in [1.29, 1.82) is 0 Å². The van der Waals surface area contributed by atoms with Crippen molar-refractivity contribution in [3.8, 4) is 11.3 Å². The maximum absolute atomic E-state index is 5.84. The minimum absolute atomic E-state index is 0.511. The maximum Gasteiger partial charge on any atom is 0.107 e. The Morgan fingerprint density at radius 1 is 1.19 bits per heavy atom. The van der Waals surface area contributed by atoms with Gasteiger partial charge in [0.2, 0.25) is 0 Å². The van der Waals surface area contributed by atoms with Crippen LogP contribution >= 0.6 is 11.3 Å². The van der Waals surface area contributed by atoms with Gasteiger partial charge in [0.15, 0.2) is 0 Å². The Balaban J connectivity index is 1.39. The Labute approximate surface area is 130 Å². The van der Waals surface area contributed by atoms with Crippen LogP contribution < -0.4 is 5.32 Å². The lowest BCUT2D eigenvalue weighted by Crippen LogP contribution is -2.21. The van der Waals surface area contributed by atoms with Crippen LogP contribution in [0.2, 0.25) is 0 Å². The Hall–Kier alpha value is -1.23. The summed E-state index contributed by atoms with van der Waals surface area (Å²) in [4.78, 5) is 4.67. The standard InChI is InChI=1S/C17H22N2OS/c1-2-6-14(7-3-1)16-13-21-17(19-16)12-18-10-11-20-15-8-4-5-9-15/h1-3,6-7,13,15,18H,4-5,8-12H2. The molecule has 0 atom stereocenters. The molecule has 4 heteroatoms. The fourth-order valence-corrected chi connectivity index (χ4v) is 3.45. The molecule has 1 fully saturated rings. The van der Waals surface area contributed by atoms with Crippen molar-refractivity contribution in [2.45, 2.75) is 38.3 Å². The van der Waals surface area contributed by atoms with Gasteiger partial charge in [-0.15, -0.1) is 11.3 Å². The van der Waals surface area contributed by atoms with E-state index in [4.69, 9.17) is 4.74 Å². The van der Waals surface area contributed by atoms with E-state index in [-0.39, 0.29) is 0 Å². The van der Waals surface area contributed by atoms with E-state index in [1.54, 1.807) is 11.3 Å². The highest BCUT2D eigenvalue weighted by molar-refractivity contribution is 7.09. The van der Waals surface area contributed by atoms with Crippen LogP contribution in [-0.2, 0) is 11.3 Å². The quantitative estimate of drug-likeness (QED) is 0.789. The van der Waals surface area contributed by atoms with E-state index in [0.29, 0.717) is 6.10 Å². The molecule has 3 nitrogen and oxygen atoms in total. The van der Waals surface area contributed by atoms with Crippen molar-refractivity contribution in [3.63, 3.8) is 0 Å². The first-order valence-corrected chi connectivity index (χ1v) is 8.62. The lowest BCUT2D eigenvalue weighted by atomic mass is 10.2. The number of nitrogens with one attached hydrogen (secondary N) is 1. The average Bonchev–Trinajstić information content (AvgIpc) is 3.19. The first kappa shape index (κ1) is 14.7. The summed E-state index contributed by atoms with van der Waals surface area (Å²) in [5.74, 6) is 0. The van der Waals surface area contributed by atoms with E-state index >= 15 is 0 Å². The molecule has 0 unspecified atom stereocenters. The number of benzene rings is 1. The van der Waals surface area contributed by atoms with Crippen molar-refractivity contribution in [1.82, 2.24) is 10.3 Å². The fraction of sp³-hybridized carbons (Fsp3) is 0.471. The monoisotopic (exact) mass is 302 g/mol. The number of hydrogen-bond acceptors (Lipinski definition) is 4. The Morgan fingerprint density at radius 3 is 2.81 bits per heavy atom. The first-order chi connectivity index (χ1) is 10.4. The van der Waals surface area contributed by atoms with Crippen molar-refractivity contribution < 1.29 is 4.74 Å². The zero-order chi connectivity index (χ0) is 14.3. The zero-order valence-corrected chi connectivity index (χ0v) is 13.1. The molecule has 1 N–H and O–H groups in total. The second-order valence-corrected chi connectivity index (χ2v) is 6.39. The average molecular weight is 302 g/mol. The Bertz CT molecular complexity index is 535. The lowest BCUT2D eigenvalue weighted by Gasteiger charge is -2.10. The molecule has 1 aliphatic rings. The van der Waals surface area contributed by atoms with Gasteiger partial charge in [0.25, 0.3) is 0 Å². The topological polar surface area (TPSA) is 34.1 Å². The molecule has 0 amide bonds. The van der Waals surface area contributed by atoms with Crippen LogP contribution in [0.25, 0.3) is 11.3 Å². The smallest absolute Gasteiger partial charge is 0.107 e.